The van der Waals surface area contributed by atoms with E-state index in [1.807, 2.05) is 0 Å². The van der Waals surface area contributed by atoms with Crippen molar-refractivity contribution < 1.29 is 5.11 Å². The third kappa shape index (κ3) is 3.72. The van der Waals surface area contributed by atoms with Crippen molar-refractivity contribution in [3.8, 4) is 0 Å². The van der Waals surface area contributed by atoms with Crippen LogP contribution >= 0.6 is 0 Å². The minimum atomic E-state index is 0.285. The molecular weight excluding hydrogens is 200 g/mol. The summed E-state index contributed by atoms with van der Waals surface area (Å²) >= 11 is 0. The molecule has 1 heterocycles. The van der Waals surface area contributed by atoms with Gasteiger partial charge in [-0.25, -0.2) is 0 Å². The summed E-state index contributed by atoms with van der Waals surface area (Å²) in [5.41, 5.74) is 0.285. The van der Waals surface area contributed by atoms with Gasteiger partial charge in [0.2, 0.25) is 0 Å². The van der Waals surface area contributed by atoms with Crippen LogP contribution in [0, 0.1) is 11.3 Å². The van der Waals surface area contributed by atoms with Crippen molar-refractivity contribution in [3.05, 3.63) is 0 Å². The molecule has 1 fully saturated rings. The van der Waals surface area contributed by atoms with Crippen LogP contribution in [0.2, 0.25) is 0 Å². The fourth-order valence-electron chi connectivity index (χ4n) is 2.65. The average molecular weight is 228 g/mol. The standard InChI is InChI=1S/C13H28N2O/c1-5-14-9-13(3,4)10-15-7-6-11(2)12(15)8-16/h11-12,14,16H,5-10H2,1-4H3. The van der Waals surface area contributed by atoms with Crippen molar-refractivity contribution in [2.75, 3.05) is 32.8 Å². The van der Waals surface area contributed by atoms with Crippen LogP contribution in [0.25, 0.3) is 0 Å². The quantitative estimate of drug-likeness (QED) is 0.720. The van der Waals surface area contributed by atoms with E-state index in [0.29, 0.717) is 18.6 Å². The Balaban J connectivity index is 2.46. The summed E-state index contributed by atoms with van der Waals surface area (Å²) in [6, 6.07) is 0.376. The molecule has 16 heavy (non-hydrogen) atoms. The summed E-state index contributed by atoms with van der Waals surface area (Å²) in [4.78, 5) is 2.46. The molecule has 3 heteroatoms. The van der Waals surface area contributed by atoms with E-state index in [9.17, 15) is 5.11 Å². The fourth-order valence-corrected chi connectivity index (χ4v) is 2.65. The summed E-state index contributed by atoms with van der Waals surface area (Å²) in [5.74, 6) is 0.639. The van der Waals surface area contributed by atoms with Gasteiger partial charge in [0.25, 0.3) is 0 Å². The largest absolute Gasteiger partial charge is 0.395 e. The third-order valence-corrected chi connectivity index (χ3v) is 3.67. The van der Waals surface area contributed by atoms with E-state index in [0.717, 1.165) is 26.2 Å². The molecular formula is C13H28N2O. The normalized spacial score (nSPS) is 27.6. The number of aliphatic hydroxyl groups is 1. The van der Waals surface area contributed by atoms with Crippen LogP contribution in [0.3, 0.4) is 0 Å². The lowest BCUT2D eigenvalue weighted by Gasteiger charge is -2.34. The van der Waals surface area contributed by atoms with Crippen LogP contribution in [0.15, 0.2) is 0 Å². The molecule has 0 aliphatic carbocycles. The maximum atomic E-state index is 9.42. The van der Waals surface area contributed by atoms with Gasteiger partial charge in [0.1, 0.15) is 0 Å². The van der Waals surface area contributed by atoms with E-state index in [1.165, 1.54) is 6.42 Å². The van der Waals surface area contributed by atoms with E-state index < -0.39 is 0 Å². The molecule has 1 aliphatic heterocycles. The summed E-state index contributed by atoms with van der Waals surface area (Å²) in [6.07, 6.45) is 1.22. The SMILES string of the molecule is CCNCC(C)(C)CN1CCC(C)C1CO. The van der Waals surface area contributed by atoms with Crippen LogP contribution in [-0.2, 0) is 0 Å². The number of nitrogens with one attached hydrogen (secondary N) is 1. The van der Waals surface area contributed by atoms with Crippen molar-refractivity contribution >= 4 is 0 Å². The van der Waals surface area contributed by atoms with Gasteiger partial charge in [-0.1, -0.05) is 27.7 Å². The first-order valence-corrected chi connectivity index (χ1v) is 6.56. The smallest absolute Gasteiger partial charge is 0.0589 e. The molecule has 0 amide bonds. The molecule has 96 valence electrons. The van der Waals surface area contributed by atoms with Gasteiger partial charge in [-0.15, -0.1) is 0 Å². The summed E-state index contributed by atoms with van der Waals surface area (Å²) < 4.78 is 0. The highest BCUT2D eigenvalue weighted by Crippen LogP contribution is 2.27. The number of rotatable bonds is 6. The summed E-state index contributed by atoms with van der Waals surface area (Å²) in [6.45, 7) is 13.6. The van der Waals surface area contributed by atoms with Gasteiger partial charge in [0.05, 0.1) is 6.61 Å². The maximum Gasteiger partial charge on any atom is 0.0589 e. The van der Waals surface area contributed by atoms with E-state index in [4.69, 9.17) is 0 Å². The molecule has 0 radical (unpaired) electrons. The zero-order chi connectivity index (χ0) is 12.2. The van der Waals surface area contributed by atoms with Crippen LogP contribution in [-0.4, -0.2) is 48.8 Å². The number of hydrogen-bond donors (Lipinski definition) is 2. The summed E-state index contributed by atoms with van der Waals surface area (Å²) in [5, 5.41) is 12.8. The van der Waals surface area contributed by atoms with Gasteiger partial charge >= 0.3 is 0 Å². The van der Waals surface area contributed by atoms with Crippen LogP contribution in [0.1, 0.15) is 34.1 Å². The summed E-state index contributed by atoms with van der Waals surface area (Å²) in [7, 11) is 0. The second-order valence-electron chi connectivity index (χ2n) is 5.93. The lowest BCUT2D eigenvalue weighted by atomic mass is 9.92. The molecule has 0 aromatic rings. The molecule has 2 N–H and O–H groups in total. The molecule has 1 rings (SSSR count). The van der Waals surface area contributed by atoms with E-state index >= 15 is 0 Å². The van der Waals surface area contributed by atoms with Gasteiger partial charge in [0, 0.05) is 19.1 Å². The molecule has 0 aromatic heterocycles. The lowest BCUT2D eigenvalue weighted by molar-refractivity contribution is 0.102. The monoisotopic (exact) mass is 228 g/mol. The van der Waals surface area contributed by atoms with Crippen molar-refractivity contribution in [1.29, 1.82) is 0 Å². The Bertz CT molecular complexity index is 206. The molecule has 0 spiro atoms. The second kappa shape index (κ2) is 5.99. The predicted molar refractivity (Wildman–Crippen MR) is 68.6 cm³/mol. The molecule has 0 saturated carbocycles. The van der Waals surface area contributed by atoms with Crippen LogP contribution < -0.4 is 5.32 Å². The predicted octanol–water partition coefficient (Wildman–Crippen LogP) is 1.32. The fraction of sp³-hybridized carbons (Fsp3) is 1.00. The minimum absolute atomic E-state index is 0.285. The second-order valence-corrected chi connectivity index (χ2v) is 5.93. The first kappa shape index (κ1) is 13.9. The molecule has 0 aromatic carbocycles. The van der Waals surface area contributed by atoms with E-state index in [2.05, 4.69) is 37.9 Å². The van der Waals surface area contributed by atoms with Gasteiger partial charge < -0.3 is 10.4 Å². The van der Waals surface area contributed by atoms with Crippen molar-refractivity contribution in [2.24, 2.45) is 11.3 Å². The topological polar surface area (TPSA) is 35.5 Å². The number of nitrogens with zero attached hydrogens (tertiary/aromatic N) is 1. The minimum Gasteiger partial charge on any atom is -0.395 e. The van der Waals surface area contributed by atoms with Gasteiger partial charge in [-0.3, -0.25) is 4.90 Å². The van der Waals surface area contributed by atoms with Crippen molar-refractivity contribution in [1.82, 2.24) is 10.2 Å². The highest BCUT2D eigenvalue weighted by Gasteiger charge is 2.33. The Morgan fingerprint density at radius 1 is 1.44 bits per heavy atom. The van der Waals surface area contributed by atoms with Gasteiger partial charge in [0.15, 0.2) is 0 Å². The molecule has 1 aliphatic rings. The Morgan fingerprint density at radius 2 is 2.12 bits per heavy atom. The Morgan fingerprint density at radius 3 is 2.69 bits per heavy atom. The van der Waals surface area contributed by atoms with E-state index in [-0.39, 0.29) is 5.41 Å². The molecule has 3 nitrogen and oxygen atoms in total. The number of likely N-dealkylation sites (tertiary alicyclic amines) is 1. The van der Waals surface area contributed by atoms with Gasteiger partial charge in [-0.05, 0) is 30.8 Å². The third-order valence-electron chi connectivity index (χ3n) is 3.67. The Labute approximate surface area is 100 Å². The van der Waals surface area contributed by atoms with E-state index in [1.54, 1.807) is 0 Å². The molecule has 2 unspecified atom stereocenters. The average Bonchev–Trinajstić information content (AvgIpc) is 2.56. The first-order chi connectivity index (χ1) is 7.50. The highest BCUT2D eigenvalue weighted by molar-refractivity contribution is 4.88. The zero-order valence-corrected chi connectivity index (χ0v) is 11.3. The molecule has 0 bridgehead atoms. The lowest BCUT2D eigenvalue weighted by Crippen LogP contribution is -2.44. The maximum absolute atomic E-state index is 9.42. The molecule has 1 saturated heterocycles. The Hall–Kier alpha value is -0.120. The Kier molecular flexibility index (Phi) is 5.22. The first-order valence-electron chi connectivity index (χ1n) is 6.56. The van der Waals surface area contributed by atoms with Crippen LogP contribution in [0.5, 0.6) is 0 Å². The zero-order valence-electron chi connectivity index (χ0n) is 11.3. The van der Waals surface area contributed by atoms with Crippen molar-refractivity contribution in [3.63, 3.8) is 0 Å². The van der Waals surface area contributed by atoms with Crippen molar-refractivity contribution in [2.45, 2.75) is 40.2 Å². The van der Waals surface area contributed by atoms with Gasteiger partial charge in [-0.2, -0.15) is 0 Å². The van der Waals surface area contributed by atoms with Crippen LogP contribution in [0.4, 0.5) is 0 Å². The number of hydrogen-bond acceptors (Lipinski definition) is 3. The number of aliphatic hydroxyl groups excluding tert-OH is 1. The highest BCUT2D eigenvalue weighted by atomic mass is 16.3. The molecule has 2 atom stereocenters.